The Morgan fingerprint density at radius 2 is 1.84 bits per heavy atom. The van der Waals surface area contributed by atoms with Gasteiger partial charge in [-0.25, -0.2) is 13.6 Å². The number of nitrogens with one attached hydrogen (secondary N) is 1. The van der Waals surface area contributed by atoms with Gasteiger partial charge in [0.2, 0.25) is 0 Å². The molecule has 0 spiro atoms. The lowest BCUT2D eigenvalue weighted by Crippen LogP contribution is -2.49. The van der Waals surface area contributed by atoms with E-state index in [4.69, 9.17) is 9.47 Å². The standard InChI is InChI=1S/C12H13F2NO4/c1-17-8-3-7(4-9(5-8)18-2)10-12(13,14)6-19-11(16)15-10/h3-5,10H,6H2,1-2H3,(H,15,16)/t10-/m1/s1. The molecule has 0 saturated carbocycles. The molecule has 1 amide bonds. The van der Waals surface area contributed by atoms with Crippen LogP contribution in [0.5, 0.6) is 11.5 Å². The van der Waals surface area contributed by atoms with Crippen LogP contribution < -0.4 is 14.8 Å². The fourth-order valence-corrected chi connectivity index (χ4v) is 1.83. The smallest absolute Gasteiger partial charge is 0.408 e. The molecule has 0 aromatic heterocycles. The molecular formula is C12H13F2NO4. The first-order valence-electron chi connectivity index (χ1n) is 5.50. The molecule has 1 heterocycles. The molecule has 0 bridgehead atoms. The van der Waals surface area contributed by atoms with Crippen LogP contribution in [0.3, 0.4) is 0 Å². The lowest BCUT2D eigenvalue weighted by atomic mass is 9.99. The van der Waals surface area contributed by atoms with E-state index in [0.717, 1.165) is 0 Å². The van der Waals surface area contributed by atoms with E-state index < -0.39 is 24.7 Å². The van der Waals surface area contributed by atoms with Crippen molar-refractivity contribution in [2.75, 3.05) is 20.8 Å². The highest BCUT2D eigenvalue weighted by atomic mass is 19.3. The van der Waals surface area contributed by atoms with Gasteiger partial charge >= 0.3 is 12.0 Å². The first-order valence-corrected chi connectivity index (χ1v) is 5.50. The number of rotatable bonds is 3. The molecule has 19 heavy (non-hydrogen) atoms. The Morgan fingerprint density at radius 1 is 1.26 bits per heavy atom. The van der Waals surface area contributed by atoms with E-state index in [2.05, 4.69) is 10.1 Å². The van der Waals surface area contributed by atoms with Crippen LogP contribution in [0.2, 0.25) is 0 Å². The summed E-state index contributed by atoms with van der Waals surface area (Å²) in [6.07, 6.45) is -0.877. The molecule has 5 nitrogen and oxygen atoms in total. The summed E-state index contributed by atoms with van der Waals surface area (Å²) in [7, 11) is 2.83. The molecular weight excluding hydrogens is 260 g/mol. The summed E-state index contributed by atoms with van der Waals surface area (Å²) in [6.45, 7) is -0.955. The van der Waals surface area contributed by atoms with E-state index in [9.17, 15) is 13.6 Å². The number of carbonyl (C=O) groups excluding carboxylic acids is 1. The number of alkyl carbamates (subject to hydrolysis) is 1. The van der Waals surface area contributed by atoms with Gasteiger partial charge in [-0.05, 0) is 17.7 Å². The monoisotopic (exact) mass is 273 g/mol. The zero-order chi connectivity index (χ0) is 14.0. The SMILES string of the molecule is COc1cc(OC)cc([C@H]2NC(=O)OCC2(F)F)c1. The zero-order valence-electron chi connectivity index (χ0n) is 10.4. The second kappa shape index (κ2) is 4.91. The van der Waals surface area contributed by atoms with Crippen molar-refractivity contribution in [3.05, 3.63) is 23.8 Å². The van der Waals surface area contributed by atoms with Gasteiger partial charge in [0.15, 0.2) is 6.61 Å². The maximum Gasteiger partial charge on any atom is 0.408 e. The summed E-state index contributed by atoms with van der Waals surface area (Å²) in [5.41, 5.74) is 0.192. The molecule has 1 fully saturated rings. The van der Waals surface area contributed by atoms with Gasteiger partial charge in [0.25, 0.3) is 0 Å². The van der Waals surface area contributed by atoms with Gasteiger partial charge in [-0.2, -0.15) is 0 Å². The van der Waals surface area contributed by atoms with Crippen molar-refractivity contribution >= 4 is 6.09 Å². The summed E-state index contributed by atoms with van der Waals surface area (Å²) in [5.74, 6) is -2.47. The van der Waals surface area contributed by atoms with Gasteiger partial charge in [-0.1, -0.05) is 0 Å². The minimum atomic E-state index is -3.20. The Bertz CT molecular complexity index is 470. The Balaban J connectivity index is 2.40. The third kappa shape index (κ3) is 2.69. The molecule has 1 N–H and O–H groups in total. The summed E-state index contributed by atoms with van der Waals surface area (Å²) in [4.78, 5) is 11.1. The third-order valence-electron chi connectivity index (χ3n) is 2.79. The fraction of sp³-hybridized carbons (Fsp3) is 0.417. The van der Waals surface area contributed by atoms with E-state index in [-0.39, 0.29) is 5.56 Å². The number of halogens is 2. The van der Waals surface area contributed by atoms with Crippen LogP contribution in [0.25, 0.3) is 0 Å². The minimum Gasteiger partial charge on any atom is -0.497 e. The number of hydrogen-bond acceptors (Lipinski definition) is 4. The van der Waals surface area contributed by atoms with E-state index in [1.807, 2.05) is 0 Å². The number of amides is 1. The highest BCUT2D eigenvalue weighted by Gasteiger charge is 2.47. The molecule has 1 saturated heterocycles. The number of methoxy groups -OCH3 is 2. The summed E-state index contributed by atoms with van der Waals surface area (Å²) >= 11 is 0. The number of cyclic esters (lactones) is 1. The maximum absolute atomic E-state index is 13.8. The summed E-state index contributed by atoms with van der Waals surface area (Å²) < 4.78 is 41.9. The zero-order valence-corrected chi connectivity index (χ0v) is 10.4. The Hall–Kier alpha value is -2.05. The van der Waals surface area contributed by atoms with Crippen LogP contribution in [0.4, 0.5) is 13.6 Å². The topological polar surface area (TPSA) is 56.8 Å². The molecule has 0 radical (unpaired) electrons. The molecule has 0 unspecified atom stereocenters. The van der Waals surface area contributed by atoms with Gasteiger partial charge in [0.05, 0.1) is 14.2 Å². The average molecular weight is 273 g/mol. The third-order valence-corrected chi connectivity index (χ3v) is 2.79. The quantitative estimate of drug-likeness (QED) is 0.916. The molecule has 1 atom stereocenters. The van der Waals surface area contributed by atoms with E-state index >= 15 is 0 Å². The van der Waals surface area contributed by atoms with Crippen molar-refractivity contribution in [1.29, 1.82) is 0 Å². The van der Waals surface area contributed by atoms with Crippen molar-refractivity contribution in [3.8, 4) is 11.5 Å². The summed E-state index contributed by atoms with van der Waals surface area (Å²) in [6, 6.07) is 2.93. The Labute approximate surface area is 108 Å². The molecule has 7 heteroatoms. The number of ether oxygens (including phenoxy) is 3. The average Bonchev–Trinajstić information content (AvgIpc) is 2.40. The van der Waals surface area contributed by atoms with Gasteiger partial charge < -0.3 is 19.5 Å². The van der Waals surface area contributed by atoms with E-state index in [0.29, 0.717) is 11.5 Å². The molecule has 1 aromatic carbocycles. The van der Waals surface area contributed by atoms with Crippen molar-refractivity contribution in [2.45, 2.75) is 12.0 Å². The first kappa shape index (κ1) is 13.4. The Kier molecular flexibility index (Phi) is 3.46. The second-order valence-electron chi connectivity index (χ2n) is 4.06. The molecule has 0 aliphatic carbocycles. The predicted molar refractivity (Wildman–Crippen MR) is 61.7 cm³/mol. The number of alkyl halides is 2. The largest absolute Gasteiger partial charge is 0.497 e. The predicted octanol–water partition coefficient (Wildman–Crippen LogP) is 2.12. The van der Waals surface area contributed by atoms with Crippen molar-refractivity contribution < 1.29 is 27.8 Å². The van der Waals surface area contributed by atoms with Gasteiger partial charge in [-0.15, -0.1) is 0 Å². The first-order chi connectivity index (χ1) is 8.96. The van der Waals surface area contributed by atoms with Crippen molar-refractivity contribution in [2.24, 2.45) is 0 Å². The summed E-state index contributed by atoms with van der Waals surface area (Å²) in [5, 5.41) is 2.10. The van der Waals surface area contributed by atoms with Gasteiger partial charge in [-0.3, -0.25) is 0 Å². The molecule has 1 aliphatic heterocycles. The number of hydrogen-bond donors (Lipinski definition) is 1. The van der Waals surface area contributed by atoms with Crippen molar-refractivity contribution in [1.82, 2.24) is 5.32 Å². The molecule has 1 aromatic rings. The van der Waals surface area contributed by atoms with E-state index in [1.165, 1.54) is 26.4 Å². The van der Waals surface area contributed by atoms with Crippen LogP contribution >= 0.6 is 0 Å². The molecule has 104 valence electrons. The van der Waals surface area contributed by atoms with Crippen LogP contribution in [-0.4, -0.2) is 32.8 Å². The lowest BCUT2D eigenvalue weighted by molar-refractivity contribution is -0.104. The highest BCUT2D eigenvalue weighted by Crippen LogP contribution is 2.37. The van der Waals surface area contributed by atoms with E-state index in [1.54, 1.807) is 6.07 Å². The Morgan fingerprint density at radius 3 is 2.37 bits per heavy atom. The van der Waals surface area contributed by atoms with Crippen LogP contribution in [-0.2, 0) is 4.74 Å². The fourth-order valence-electron chi connectivity index (χ4n) is 1.83. The van der Waals surface area contributed by atoms with Crippen LogP contribution in [0, 0.1) is 0 Å². The second-order valence-corrected chi connectivity index (χ2v) is 4.06. The molecule has 1 aliphatic rings. The molecule has 2 rings (SSSR count). The minimum absolute atomic E-state index is 0.192. The number of benzene rings is 1. The normalized spacial score (nSPS) is 21.3. The lowest BCUT2D eigenvalue weighted by Gasteiger charge is -2.32. The maximum atomic E-state index is 13.8. The van der Waals surface area contributed by atoms with Gasteiger partial charge in [0.1, 0.15) is 17.5 Å². The van der Waals surface area contributed by atoms with Gasteiger partial charge in [0, 0.05) is 6.07 Å². The van der Waals surface area contributed by atoms with Crippen LogP contribution in [0.15, 0.2) is 18.2 Å². The van der Waals surface area contributed by atoms with Crippen LogP contribution in [0.1, 0.15) is 11.6 Å². The van der Waals surface area contributed by atoms with Crippen molar-refractivity contribution in [3.63, 3.8) is 0 Å². The number of carbonyl (C=O) groups is 1. The highest BCUT2D eigenvalue weighted by molar-refractivity contribution is 5.69.